The van der Waals surface area contributed by atoms with Gasteiger partial charge in [0.05, 0.1) is 6.61 Å². The van der Waals surface area contributed by atoms with Crippen molar-refractivity contribution in [1.29, 1.82) is 0 Å². The maximum absolute atomic E-state index is 12.8. The van der Waals surface area contributed by atoms with Crippen molar-refractivity contribution < 1.29 is 9.53 Å². The topological polar surface area (TPSA) is 55.3 Å². The highest BCUT2D eigenvalue weighted by Gasteiger charge is 2.25. The maximum atomic E-state index is 12.8. The molecular weight excluding hydrogens is 302 g/mol. The maximum Gasteiger partial charge on any atom is 0.259 e. The van der Waals surface area contributed by atoms with Gasteiger partial charge in [-0.3, -0.25) is 9.78 Å². The molecule has 0 aromatic carbocycles. The third-order valence-corrected chi connectivity index (χ3v) is 4.46. The summed E-state index contributed by atoms with van der Waals surface area (Å²) in [5.41, 5.74) is 1.88. The molecule has 0 bridgehead atoms. The minimum Gasteiger partial charge on any atom is -0.477 e. The molecule has 0 N–H and O–H groups in total. The number of rotatable bonds is 5. The lowest BCUT2D eigenvalue weighted by Crippen LogP contribution is -2.39. The summed E-state index contributed by atoms with van der Waals surface area (Å²) in [4.78, 5) is 22.9. The molecule has 0 radical (unpaired) electrons. The largest absolute Gasteiger partial charge is 0.477 e. The number of amides is 1. The molecule has 3 rings (SSSR count). The highest BCUT2D eigenvalue weighted by atomic mass is 16.5. The monoisotopic (exact) mass is 325 g/mol. The first-order valence-corrected chi connectivity index (χ1v) is 8.54. The third kappa shape index (κ3) is 3.91. The molecule has 24 heavy (non-hydrogen) atoms. The number of piperidine rings is 1. The van der Waals surface area contributed by atoms with Gasteiger partial charge < -0.3 is 9.64 Å². The number of hydrogen-bond donors (Lipinski definition) is 0. The van der Waals surface area contributed by atoms with Gasteiger partial charge in [-0.05, 0) is 61.9 Å². The lowest BCUT2D eigenvalue weighted by atomic mass is 9.90. The van der Waals surface area contributed by atoms with Crippen LogP contribution in [0.2, 0.25) is 0 Å². The highest BCUT2D eigenvalue weighted by Crippen LogP contribution is 2.24. The summed E-state index contributed by atoms with van der Waals surface area (Å²) >= 11 is 0. The first-order chi connectivity index (χ1) is 11.8. The Kier molecular flexibility index (Phi) is 5.41. The molecule has 0 unspecified atom stereocenters. The quantitative estimate of drug-likeness (QED) is 0.848. The third-order valence-electron chi connectivity index (χ3n) is 4.46. The van der Waals surface area contributed by atoms with Crippen LogP contribution in [0.3, 0.4) is 0 Å². The van der Waals surface area contributed by atoms with Crippen LogP contribution in [0, 0.1) is 5.92 Å². The molecular formula is C19H23N3O2. The number of carbonyl (C=O) groups excluding carboxylic acids is 1. The average Bonchev–Trinajstić information content (AvgIpc) is 2.63. The van der Waals surface area contributed by atoms with Gasteiger partial charge in [0.25, 0.3) is 5.91 Å². The number of likely N-dealkylation sites (tertiary alicyclic amines) is 1. The second kappa shape index (κ2) is 7.90. The molecule has 5 heteroatoms. The molecule has 0 atom stereocenters. The molecule has 0 saturated carbocycles. The van der Waals surface area contributed by atoms with E-state index >= 15 is 0 Å². The van der Waals surface area contributed by atoms with E-state index < -0.39 is 0 Å². The van der Waals surface area contributed by atoms with E-state index in [1.54, 1.807) is 18.3 Å². The Balaban J connectivity index is 1.59. The van der Waals surface area contributed by atoms with Gasteiger partial charge in [-0.2, -0.15) is 0 Å². The molecule has 1 amide bonds. The van der Waals surface area contributed by atoms with Crippen LogP contribution in [0.25, 0.3) is 0 Å². The Hall–Kier alpha value is -2.43. The van der Waals surface area contributed by atoms with Crippen molar-refractivity contribution in [2.45, 2.75) is 26.2 Å². The first kappa shape index (κ1) is 16.4. The van der Waals surface area contributed by atoms with Gasteiger partial charge in [-0.1, -0.05) is 0 Å². The summed E-state index contributed by atoms with van der Waals surface area (Å²) in [6.45, 7) is 3.98. The normalized spacial score (nSPS) is 15.3. The molecule has 126 valence electrons. The van der Waals surface area contributed by atoms with Crippen molar-refractivity contribution >= 4 is 5.91 Å². The lowest BCUT2D eigenvalue weighted by Gasteiger charge is -2.32. The van der Waals surface area contributed by atoms with Crippen molar-refractivity contribution in [2.24, 2.45) is 5.92 Å². The van der Waals surface area contributed by atoms with E-state index in [0.29, 0.717) is 24.0 Å². The van der Waals surface area contributed by atoms with Crippen molar-refractivity contribution in [3.8, 4) is 5.88 Å². The van der Waals surface area contributed by atoms with Gasteiger partial charge in [-0.15, -0.1) is 0 Å². The van der Waals surface area contributed by atoms with Crippen LogP contribution in [0.4, 0.5) is 0 Å². The molecule has 0 aliphatic carbocycles. The van der Waals surface area contributed by atoms with Gasteiger partial charge in [-0.25, -0.2) is 4.98 Å². The Morgan fingerprint density at radius 1 is 1.21 bits per heavy atom. The van der Waals surface area contributed by atoms with Crippen molar-refractivity contribution in [1.82, 2.24) is 14.9 Å². The van der Waals surface area contributed by atoms with Gasteiger partial charge in [0, 0.05) is 31.7 Å². The van der Waals surface area contributed by atoms with Crippen LogP contribution >= 0.6 is 0 Å². The number of nitrogens with zero attached hydrogens (tertiary/aromatic N) is 3. The van der Waals surface area contributed by atoms with E-state index in [9.17, 15) is 4.79 Å². The fourth-order valence-corrected chi connectivity index (χ4v) is 3.17. The van der Waals surface area contributed by atoms with E-state index in [4.69, 9.17) is 4.74 Å². The van der Waals surface area contributed by atoms with Gasteiger partial charge in [0.1, 0.15) is 5.56 Å². The second-order valence-corrected chi connectivity index (χ2v) is 6.08. The molecule has 2 aromatic rings. The SMILES string of the molecule is CCOc1ncccc1C(=O)N1CCC(Cc2ccncc2)CC1. The number of carbonyl (C=O) groups is 1. The van der Waals surface area contributed by atoms with E-state index in [1.165, 1.54) is 5.56 Å². The zero-order valence-corrected chi connectivity index (χ0v) is 14.0. The smallest absolute Gasteiger partial charge is 0.259 e. The molecule has 3 heterocycles. The van der Waals surface area contributed by atoms with Gasteiger partial charge in [0.15, 0.2) is 0 Å². The summed E-state index contributed by atoms with van der Waals surface area (Å²) in [7, 11) is 0. The number of hydrogen-bond acceptors (Lipinski definition) is 4. The van der Waals surface area contributed by atoms with Crippen LogP contribution < -0.4 is 4.74 Å². The van der Waals surface area contributed by atoms with Gasteiger partial charge in [0.2, 0.25) is 5.88 Å². The lowest BCUT2D eigenvalue weighted by molar-refractivity contribution is 0.0685. The van der Waals surface area contributed by atoms with Crippen LogP contribution in [0.15, 0.2) is 42.9 Å². The summed E-state index contributed by atoms with van der Waals surface area (Å²) in [6.07, 6.45) is 8.44. The van der Waals surface area contributed by atoms with Crippen LogP contribution in [0.5, 0.6) is 5.88 Å². The number of aromatic nitrogens is 2. The minimum atomic E-state index is 0.0221. The van der Waals surface area contributed by atoms with Crippen molar-refractivity contribution in [3.05, 3.63) is 54.0 Å². The molecule has 1 aliphatic heterocycles. The fraction of sp³-hybridized carbons (Fsp3) is 0.421. The fourth-order valence-electron chi connectivity index (χ4n) is 3.17. The summed E-state index contributed by atoms with van der Waals surface area (Å²) in [5, 5.41) is 0. The van der Waals surface area contributed by atoms with Gasteiger partial charge >= 0.3 is 0 Å². The molecule has 1 aliphatic rings. The highest BCUT2D eigenvalue weighted by molar-refractivity contribution is 5.96. The zero-order valence-electron chi connectivity index (χ0n) is 14.0. The Morgan fingerprint density at radius 3 is 2.67 bits per heavy atom. The molecule has 5 nitrogen and oxygen atoms in total. The first-order valence-electron chi connectivity index (χ1n) is 8.54. The van der Waals surface area contributed by atoms with Crippen molar-refractivity contribution in [2.75, 3.05) is 19.7 Å². The minimum absolute atomic E-state index is 0.0221. The molecule has 1 saturated heterocycles. The Morgan fingerprint density at radius 2 is 1.96 bits per heavy atom. The molecule has 1 fully saturated rings. The standard InChI is InChI=1S/C19H23N3O2/c1-2-24-18-17(4-3-9-21-18)19(23)22-12-7-16(8-13-22)14-15-5-10-20-11-6-15/h3-6,9-11,16H,2,7-8,12-14H2,1H3. The van der Waals surface area contributed by atoms with E-state index in [-0.39, 0.29) is 5.91 Å². The number of ether oxygens (including phenoxy) is 1. The summed E-state index contributed by atoms with van der Waals surface area (Å²) in [5.74, 6) is 1.08. The van der Waals surface area contributed by atoms with Crippen molar-refractivity contribution in [3.63, 3.8) is 0 Å². The van der Waals surface area contributed by atoms with Crippen LogP contribution in [0.1, 0.15) is 35.7 Å². The van der Waals surface area contributed by atoms with E-state index in [0.717, 1.165) is 32.4 Å². The van der Waals surface area contributed by atoms with Crippen LogP contribution in [-0.4, -0.2) is 40.5 Å². The predicted octanol–water partition coefficient (Wildman–Crippen LogP) is 2.97. The predicted molar refractivity (Wildman–Crippen MR) is 92.0 cm³/mol. The van der Waals surface area contributed by atoms with E-state index in [1.807, 2.05) is 24.2 Å². The van der Waals surface area contributed by atoms with Crippen LogP contribution in [-0.2, 0) is 6.42 Å². The summed E-state index contributed by atoms with van der Waals surface area (Å²) in [6, 6.07) is 7.72. The summed E-state index contributed by atoms with van der Waals surface area (Å²) < 4.78 is 5.48. The van der Waals surface area contributed by atoms with E-state index in [2.05, 4.69) is 22.1 Å². The second-order valence-electron chi connectivity index (χ2n) is 6.08. The molecule has 2 aromatic heterocycles. The Labute approximate surface area is 142 Å². The average molecular weight is 325 g/mol. The molecule has 0 spiro atoms. The Bertz CT molecular complexity index is 667. The zero-order chi connectivity index (χ0) is 16.8. The number of pyridine rings is 2.